The van der Waals surface area contributed by atoms with Gasteiger partial charge in [-0.2, -0.15) is 0 Å². The Hall–Kier alpha value is -3.17. The van der Waals surface area contributed by atoms with Gasteiger partial charge in [-0.15, -0.1) is 0 Å². The Kier molecular flexibility index (Phi) is 7.09. The third kappa shape index (κ3) is 5.50. The molecule has 0 aliphatic carbocycles. The standard InChI is InChI=1S/C21H16ClFN2O5S/c1-2-30-20(28)15-10-14(6-7-16(15)22)24-18(26)11-25-19(27)17(31-21(25)29)9-12-4-3-5-13(23)8-12/h3-10H,2,11H2,1H3,(H,24,26)/b17-9+. The molecule has 10 heteroatoms. The number of rotatable bonds is 6. The summed E-state index contributed by atoms with van der Waals surface area (Å²) in [6.45, 7) is 1.28. The first kappa shape index (κ1) is 22.5. The van der Waals surface area contributed by atoms with Crippen LogP contribution in [0, 0.1) is 5.82 Å². The van der Waals surface area contributed by atoms with Crippen LogP contribution in [0.15, 0.2) is 47.4 Å². The van der Waals surface area contributed by atoms with Crippen LogP contribution in [-0.4, -0.2) is 41.1 Å². The van der Waals surface area contributed by atoms with Crippen LogP contribution in [0.4, 0.5) is 14.9 Å². The van der Waals surface area contributed by atoms with Gasteiger partial charge < -0.3 is 10.1 Å². The van der Waals surface area contributed by atoms with E-state index in [2.05, 4.69) is 5.32 Å². The Morgan fingerprint density at radius 3 is 2.71 bits per heavy atom. The molecule has 1 heterocycles. The van der Waals surface area contributed by atoms with E-state index in [4.69, 9.17) is 16.3 Å². The highest BCUT2D eigenvalue weighted by atomic mass is 35.5. The summed E-state index contributed by atoms with van der Waals surface area (Å²) in [5.41, 5.74) is 0.743. The number of esters is 1. The minimum absolute atomic E-state index is 0.0745. The summed E-state index contributed by atoms with van der Waals surface area (Å²) in [6.07, 6.45) is 1.39. The van der Waals surface area contributed by atoms with Gasteiger partial charge in [-0.1, -0.05) is 23.7 Å². The molecular formula is C21H16ClFN2O5S. The number of thioether (sulfide) groups is 1. The maximum Gasteiger partial charge on any atom is 0.339 e. The maximum atomic E-state index is 13.3. The van der Waals surface area contributed by atoms with E-state index in [1.54, 1.807) is 13.0 Å². The molecule has 3 rings (SSSR count). The van der Waals surface area contributed by atoms with E-state index in [-0.39, 0.29) is 27.8 Å². The monoisotopic (exact) mass is 462 g/mol. The number of nitrogens with one attached hydrogen (secondary N) is 1. The Morgan fingerprint density at radius 1 is 1.23 bits per heavy atom. The van der Waals surface area contributed by atoms with Gasteiger partial charge in [0.25, 0.3) is 11.1 Å². The fourth-order valence-corrected chi connectivity index (χ4v) is 3.73. The van der Waals surface area contributed by atoms with Crippen molar-refractivity contribution in [1.29, 1.82) is 0 Å². The van der Waals surface area contributed by atoms with Crippen LogP contribution < -0.4 is 5.32 Å². The van der Waals surface area contributed by atoms with Gasteiger partial charge in [-0.05, 0) is 60.7 Å². The van der Waals surface area contributed by atoms with Crippen molar-refractivity contribution in [3.05, 3.63) is 69.3 Å². The lowest BCUT2D eigenvalue weighted by Crippen LogP contribution is -2.36. The molecule has 3 amide bonds. The van der Waals surface area contributed by atoms with Gasteiger partial charge in [0.15, 0.2) is 0 Å². The van der Waals surface area contributed by atoms with Crippen molar-refractivity contribution in [3.8, 4) is 0 Å². The average molecular weight is 463 g/mol. The Labute approximate surface area is 186 Å². The summed E-state index contributed by atoms with van der Waals surface area (Å²) >= 11 is 6.65. The molecule has 1 aliphatic heterocycles. The lowest BCUT2D eigenvalue weighted by Gasteiger charge is -2.13. The molecular weight excluding hydrogens is 447 g/mol. The highest BCUT2D eigenvalue weighted by Gasteiger charge is 2.36. The smallest absolute Gasteiger partial charge is 0.339 e. The fourth-order valence-electron chi connectivity index (χ4n) is 2.70. The van der Waals surface area contributed by atoms with Gasteiger partial charge in [-0.25, -0.2) is 9.18 Å². The van der Waals surface area contributed by atoms with E-state index in [1.165, 1.54) is 42.5 Å². The molecule has 1 saturated heterocycles. The number of anilines is 1. The predicted molar refractivity (Wildman–Crippen MR) is 115 cm³/mol. The van der Waals surface area contributed by atoms with Gasteiger partial charge in [0.05, 0.1) is 22.1 Å². The van der Waals surface area contributed by atoms with E-state index in [9.17, 15) is 23.6 Å². The van der Waals surface area contributed by atoms with Crippen LogP contribution in [0.1, 0.15) is 22.8 Å². The number of carbonyl (C=O) groups excluding carboxylic acids is 4. The predicted octanol–water partition coefficient (Wildman–Crippen LogP) is 4.33. The summed E-state index contributed by atoms with van der Waals surface area (Å²) in [5, 5.41) is 2.05. The van der Waals surface area contributed by atoms with Crippen LogP contribution in [0.25, 0.3) is 6.08 Å². The molecule has 0 saturated carbocycles. The average Bonchev–Trinajstić information content (AvgIpc) is 2.97. The number of imide groups is 1. The molecule has 160 valence electrons. The second-order valence-corrected chi connectivity index (χ2v) is 7.69. The zero-order valence-corrected chi connectivity index (χ0v) is 17.8. The van der Waals surface area contributed by atoms with E-state index in [0.717, 1.165) is 4.90 Å². The third-order valence-corrected chi connectivity index (χ3v) is 5.30. The molecule has 0 atom stereocenters. The van der Waals surface area contributed by atoms with Gasteiger partial charge >= 0.3 is 5.97 Å². The summed E-state index contributed by atoms with van der Waals surface area (Å²) in [4.78, 5) is 49.9. The topological polar surface area (TPSA) is 92.8 Å². The lowest BCUT2D eigenvalue weighted by atomic mass is 10.2. The van der Waals surface area contributed by atoms with E-state index in [1.807, 2.05) is 0 Å². The zero-order chi connectivity index (χ0) is 22.5. The molecule has 1 aliphatic rings. The summed E-state index contributed by atoms with van der Waals surface area (Å²) < 4.78 is 18.2. The summed E-state index contributed by atoms with van der Waals surface area (Å²) in [6, 6.07) is 9.79. The fraction of sp³-hybridized carbons (Fsp3) is 0.143. The van der Waals surface area contributed by atoms with Crippen LogP contribution in [0.3, 0.4) is 0 Å². The molecule has 31 heavy (non-hydrogen) atoms. The SMILES string of the molecule is CCOC(=O)c1cc(NC(=O)CN2C(=O)S/C(=C/c3cccc(F)c3)C2=O)ccc1Cl. The Balaban J connectivity index is 1.69. The first-order valence-electron chi connectivity index (χ1n) is 9.06. The molecule has 7 nitrogen and oxygen atoms in total. The molecule has 2 aromatic rings. The van der Waals surface area contributed by atoms with Gasteiger partial charge in [0.2, 0.25) is 5.91 Å². The Morgan fingerprint density at radius 2 is 2.00 bits per heavy atom. The number of carbonyl (C=O) groups is 4. The molecule has 0 radical (unpaired) electrons. The minimum Gasteiger partial charge on any atom is -0.462 e. The number of benzene rings is 2. The molecule has 1 fully saturated rings. The first-order chi connectivity index (χ1) is 14.8. The minimum atomic E-state index is -0.655. The van der Waals surface area contributed by atoms with Gasteiger partial charge in [0.1, 0.15) is 12.4 Å². The first-order valence-corrected chi connectivity index (χ1v) is 10.3. The normalized spacial score (nSPS) is 14.8. The number of amides is 3. The molecule has 2 aromatic carbocycles. The molecule has 0 aromatic heterocycles. The van der Waals surface area contributed by atoms with Crippen molar-refractivity contribution in [1.82, 2.24) is 4.90 Å². The van der Waals surface area contributed by atoms with E-state index < -0.39 is 35.4 Å². The highest BCUT2D eigenvalue weighted by molar-refractivity contribution is 8.18. The van der Waals surface area contributed by atoms with Gasteiger partial charge in [0, 0.05) is 5.69 Å². The summed E-state index contributed by atoms with van der Waals surface area (Å²) in [5.74, 6) is -2.42. The number of ether oxygens (including phenoxy) is 1. The lowest BCUT2D eigenvalue weighted by molar-refractivity contribution is -0.127. The molecule has 0 bridgehead atoms. The highest BCUT2D eigenvalue weighted by Crippen LogP contribution is 2.32. The van der Waals surface area contributed by atoms with Crippen molar-refractivity contribution < 1.29 is 28.3 Å². The van der Waals surface area contributed by atoms with Crippen LogP contribution in [0.2, 0.25) is 5.02 Å². The molecule has 0 spiro atoms. The molecule has 0 unspecified atom stereocenters. The van der Waals surface area contributed by atoms with Crippen LogP contribution in [-0.2, 0) is 14.3 Å². The Bertz CT molecular complexity index is 1100. The number of hydrogen-bond acceptors (Lipinski definition) is 6. The second-order valence-electron chi connectivity index (χ2n) is 6.29. The van der Waals surface area contributed by atoms with Crippen LogP contribution in [0.5, 0.6) is 0 Å². The van der Waals surface area contributed by atoms with E-state index in [0.29, 0.717) is 17.3 Å². The second kappa shape index (κ2) is 9.76. The summed E-state index contributed by atoms with van der Waals surface area (Å²) in [7, 11) is 0. The largest absolute Gasteiger partial charge is 0.462 e. The number of halogens is 2. The quantitative estimate of drug-likeness (QED) is 0.507. The van der Waals surface area contributed by atoms with Crippen molar-refractivity contribution >= 4 is 58.1 Å². The van der Waals surface area contributed by atoms with Crippen molar-refractivity contribution in [2.24, 2.45) is 0 Å². The number of hydrogen-bond donors (Lipinski definition) is 1. The van der Waals surface area contributed by atoms with E-state index >= 15 is 0 Å². The molecule has 1 N–H and O–H groups in total. The van der Waals surface area contributed by atoms with Crippen molar-refractivity contribution in [3.63, 3.8) is 0 Å². The van der Waals surface area contributed by atoms with Crippen LogP contribution >= 0.6 is 23.4 Å². The van der Waals surface area contributed by atoms with Gasteiger partial charge in [-0.3, -0.25) is 19.3 Å². The maximum absolute atomic E-state index is 13.3. The van der Waals surface area contributed by atoms with Crippen molar-refractivity contribution in [2.45, 2.75) is 6.92 Å². The number of nitrogens with zero attached hydrogens (tertiary/aromatic N) is 1. The van der Waals surface area contributed by atoms with Crippen molar-refractivity contribution in [2.75, 3.05) is 18.5 Å². The third-order valence-electron chi connectivity index (χ3n) is 4.07. The zero-order valence-electron chi connectivity index (χ0n) is 16.2.